The Kier molecular flexibility index (Phi) is 5.98. The zero-order valence-corrected chi connectivity index (χ0v) is 15.2. The van der Waals surface area contributed by atoms with E-state index in [4.69, 9.17) is 4.74 Å². The third kappa shape index (κ3) is 4.83. The van der Waals surface area contributed by atoms with Crippen LogP contribution in [0, 0.1) is 0 Å². The summed E-state index contributed by atoms with van der Waals surface area (Å²) in [6, 6.07) is 14.1. The van der Waals surface area contributed by atoms with Crippen molar-refractivity contribution in [1.82, 2.24) is 10.9 Å². The third-order valence-corrected chi connectivity index (χ3v) is 4.08. The number of hydrogen-bond acceptors (Lipinski definition) is 6. The van der Waals surface area contributed by atoms with Crippen LogP contribution in [0.3, 0.4) is 0 Å². The number of hydrazine groups is 1. The summed E-state index contributed by atoms with van der Waals surface area (Å²) in [5.74, 6) is -2.74. The maximum atomic E-state index is 12.2. The predicted molar refractivity (Wildman–Crippen MR) is 101 cm³/mol. The molecule has 0 aliphatic carbocycles. The monoisotopic (exact) mass is 395 g/mol. The van der Waals surface area contributed by atoms with Crippen molar-refractivity contribution >= 4 is 35.3 Å². The van der Waals surface area contributed by atoms with Crippen LogP contribution in [0.1, 0.15) is 33.6 Å². The van der Waals surface area contributed by atoms with Gasteiger partial charge >= 0.3 is 5.97 Å². The van der Waals surface area contributed by atoms with Crippen LogP contribution in [-0.2, 0) is 19.1 Å². The highest BCUT2D eigenvalue weighted by Crippen LogP contribution is 2.23. The number of esters is 1. The Morgan fingerprint density at radius 2 is 1.52 bits per heavy atom. The third-order valence-electron chi connectivity index (χ3n) is 4.08. The molecule has 4 amide bonds. The number of benzene rings is 2. The van der Waals surface area contributed by atoms with Crippen LogP contribution in [-0.4, -0.2) is 36.2 Å². The summed E-state index contributed by atoms with van der Waals surface area (Å²) in [6.07, 6.45) is 0.255. The lowest BCUT2D eigenvalue weighted by Crippen LogP contribution is -2.43. The molecule has 29 heavy (non-hydrogen) atoms. The predicted octanol–water partition coefficient (Wildman–Crippen LogP) is 0.958. The largest absolute Gasteiger partial charge is 0.452 e. The second-order valence-corrected chi connectivity index (χ2v) is 6.12. The number of nitrogens with zero attached hydrogens (tertiary/aromatic N) is 1. The van der Waals surface area contributed by atoms with E-state index in [0.717, 1.165) is 4.90 Å². The molecule has 0 aromatic heterocycles. The number of anilines is 1. The van der Waals surface area contributed by atoms with Gasteiger partial charge in [0.25, 0.3) is 11.8 Å². The molecule has 0 spiro atoms. The molecule has 148 valence electrons. The van der Waals surface area contributed by atoms with Crippen molar-refractivity contribution in [3.8, 4) is 0 Å². The van der Waals surface area contributed by atoms with Gasteiger partial charge < -0.3 is 4.74 Å². The second-order valence-electron chi connectivity index (χ2n) is 6.12. The van der Waals surface area contributed by atoms with Crippen molar-refractivity contribution in [2.24, 2.45) is 0 Å². The van der Waals surface area contributed by atoms with Crippen LogP contribution >= 0.6 is 0 Å². The SMILES string of the molecule is O=C(COC(=O)c1cccc(N2C(=O)CCC2=O)c1)NNC(=O)c1ccccc1. The lowest BCUT2D eigenvalue weighted by atomic mass is 10.2. The molecule has 1 aliphatic heterocycles. The van der Waals surface area contributed by atoms with Crippen molar-refractivity contribution in [1.29, 1.82) is 0 Å². The minimum absolute atomic E-state index is 0.0797. The van der Waals surface area contributed by atoms with Gasteiger partial charge in [0.05, 0.1) is 11.3 Å². The highest BCUT2D eigenvalue weighted by atomic mass is 16.5. The van der Waals surface area contributed by atoms with Gasteiger partial charge in [-0.05, 0) is 30.3 Å². The number of carbonyl (C=O) groups excluding carboxylic acids is 5. The molecular weight excluding hydrogens is 378 g/mol. The van der Waals surface area contributed by atoms with E-state index in [9.17, 15) is 24.0 Å². The summed E-state index contributed by atoms with van der Waals surface area (Å²) >= 11 is 0. The van der Waals surface area contributed by atoms with Gasteiger partial charge in [-0.25, -0.2) is 4.79 Å². The fraction of sp³-hybridized carbons (Fsp3) is 0.150. The smallest absolute Gasteiger partial charge is 0.338 e. The molecular formula is C20H17N3O6. The van der Waals surface area contributed by atoms with Crippen LogP contribution in [0.4, 0.5) is 5.69 Å². The topological polar surface area (TPSA) is 122 Å². The van der Waals surface area contributed by atoms with E-state index < -0.39 is 24.4 Å². The Hall–Kier alpha value is -4.01. The van der Waals surface area contributed by atoms with Crippen molar-refractivity contribution < 1.29 is 28.7 Å². The van der Waals surface area contributed by atoms with Gasteiger partial charge in [0.15, 0.2) is 6.61 Å². The van der Waals surface area contributed by atoms with Crippen LogP contribution in [0.15, 0.2) is 54.6 Å². The molecule has 1 fully saturated rings. The van der Waals surface area contributed by atoms with Gasteiger partial charge in [-0.1, -0.05) is 24.3 Å². The highest BCUT2D eigenvalue weighted by Gasteiger charge is 2.30. The maximum absolute atomic E-state index is 12.2. The van der Waals surface area contributed by atoms with E-state index in [2.05, 4.69) is 10.9 Å². The quantitative estimate of drug-likeness (QED) is 0.442. The maximum Gasteiger partial charge on any atom is 0.338 e. The standard InChI is InChI=1S/C20H17N3O6/c24-16(21-22-19(27)13-5-2-1-3-6-13)12-29-20(28)14-7-4-8-15(11-14)23-17(25)9-10-18(23)26/h1-8,11H,9-10,12H2,(H,21,24)(H,22,27). The van der Waals surface area contributed by atoms with Crippen molar-refractivity contribution in [3.05, 3.63) is 65.7 Å². The molecule has 0 radical (unpaired) electrons. The van der Waals surface area contributed by atoms with Crippen molar-refractivity contribution in [3.63, 3.8) is 0 Å². The minimum atomic E-state index is -0.810. The number of ether oxygens (including phenoxy) is 1. The molecule has 2 aromatic carbocycles. The minimum Gasteiger partial charge on any atom is -0.452 e. The second kappa shape index (κ2) is 8.79. The first-order valence-corrected chi connectivity index (χ1v) is 8.73. The van der Waals surface area contributed by atoms with Crippen LogP contribution in [0.5, 0.6) is 0 Å². The summed E-state index contributed by atoms with van der Waals surface area (Å²) in [7, 11) is 0. The lowest BCUT2D eigenvalue weighted by Gasteiger charge is -2.14. The lowest BCUT2D eigenvalue weighted by molar-refractivity contribution is -0.125. The average molecular weight is 395 g/mol. The van der Waals surface area contributed by atoms with Crippen molar-refractivity contribution in [2.75, 3.05) is 11.5 Å². The van der Waals surface area contributed by atoms with E-state index in [0.29, 0.717) is 5.56 Å². The number of imide groups is 1. The number of nitrogens with one attached hydrogen (secondary N) is 2. The molecule has 1 heterocycles. The molecule has 0 atom stereocenters. The number of hydrogen-bond donors (Lipinski definition) is 2. The zero-order chi connectivity index (χ0) is 20.8. The van der Waals surface area contributed by atoms with E-state index in [1.165, 1.54) is 24.3 Å². The van der Waals surface area contributed by atoms with Crippen LogP contribution in [0.2, 0.25) is 0 Å². The van der Waals surface area contributed by atoms with Gasteiger partial charge in [0, 0.05) is 18.4 Å². The van der Waals surface area contributed by atoms with Crippen molar-refractivity contribution in [2.45, 2.75) is 12.8 Å². The van der Waals surface area contributed by atoms with Gasteiger partial charge in [0.2, 0.25) is 11.8 Å². The summed E-state index contributed by atoms with van der Waals surface area (Å²) in [6.45, 7) is -0.625. The fourth-order valence-corrected chi connectivity index (χ4v) is 2.68. The molecule has 1 saturated heterocycles. The first-order valence-electron chi connectivity index (χ1n) is 8.73. The summed E-state index contributed by atoms with van der Waals surface area (Å²) in [5, 5.41) is 0. The summed E-state index contributed by atoms with van der Waals surface area (Å²) in [4.78, 5) is 60.4. The summed E-state index contributed by atoms with van der Waals surface area (Å²) < 4.78 is 4.91. The number of amides is 4. The summed E-state index contributed by atoms with van der Waals surface area (Å²) in [5.41, 5.74) is 5.05. The molecule has 0 bridgehead atoms. The first kappa shape index (κ1) is 19.7. The molecule has 0 unspecified atom stereocenters. The molecule has 0 saturated carbocycles. The van der Waals surface area contributed by atoms with E-state index in [-0.39, 0.29) is 35.9 Å². The van der Waals surface area contributed by atoms with Gasteiger partial charge in [-0.15, -0.1) is 0 Å². The molecule has 1 aliphatic rings. The molecule has 2 N–H and O–H groups in total. The van der Waals surface area contributed by atoms with Crippen LogP contribution < -0.4 is 15.8 Å². The zero-order valence-electron chi connectivity index (χ0n) is 15.2. The fourth-order valence-electron chi connectivity index (χ4n) is 2.68. The first-order chi connectivity index (χ1) is 14.0. The molecule has 9 nitrogen and oxygen atoms in total. The molecule has 3 rings (SSSR count). The number of carbonyl (C=O) groups is 5. The van der Waals surface area contributed by atoms with E-state index >= 15 is 0 Å². The van der Waals surface area contributed by atoms with Gasteiger partial charge in [-0.2, -0.15) is 0 Å². The Labute approximate surface area is 165 Å². The Morgan fingerprint density at radius 3 is 2.21 bits per heavy atom. The van der Waals surface area contributed by atoms with Crippen LogP contribution in [0.25, 0.3) is 0 Å². The van der Waals surface area contributed by atoms with E-state index in [1.54, 1.807) is 30.3 Å². The molecule has 2 aromatic rings. The normalized spacial score (nSPS) is 13.2. The Morgan fingerprint density at radius 1 is 0.862 bits per heavy atom. The van der Waals surface area contributed by atoms with E-state index in [1.807, 2.05) is 0 Å². The Balaban J connectivity index is 1.52. The highest BCUT2D eigenvalue weighted by molar-refractivity contribution is 6.20. The van der Waals surface area contributed by atoms with Gasteiger partial charge in [0.1, 0.15) is 0 Å². The number of rotatable bonds is 5. The van der Waals surface area contributed by atoms with Gasteiger partial charge in [-0.3, -0.25) is 34.9 Å². The Bertz CT molecular complexity index is 957. The average Bonchev–Trinajstić information content (AvgIpc) is 3.08. The molecule has 9 heteroatoms.